The van der Waals surface area contributed by atoms with Crippen LogP contribution in [0.5, 0.6) is 28.7 Å². The normalized spacial score (nSPS) is 32.2. The SMILES string of the molecule is C[C@@H]1O[C@@H](O[C@@H]2C(=O)c3c(O)cc(O)cc3O[C@@H]2c2cc(O)cc(O)c2)[C@H](O)[C@H](O)[C@H]1O. The Morgan fingerprint density at radius 3 is 2.12 bits per heavy atom. The third kappa shape index (κ3) is 3.80. The fourth-order valence-electron chi connectivity index (χ4n) is 3.83. The van der Waals surface area contributed by atoms with Gasteiger partial charge in [0, 0.05) is 23.8 Å². The van der Waals surface area contributed by atoms with Crippen molar-refractivity contribution in [2.45, 2.75) is 49.8 Å². The maximum atomic E-state index is 13.3. The Morgan fingerprint density at radius 1 is 0.844 bits per heavy atom. The van der Waals surface area contributed by atoms with Gasteiger partial charge in [-0.2, -0.15) is 0 Å². The van der Waals surface area contributed by atoms with Crippen LogP contribution in [-0.4, -0.2) is 78.3 Å². The molecule has 1 fully saturated rings. The number of aromatic hydroxyl groups is 4. The molecule has 7 atom stereocenters. The van der Waals surface area contributed by atoms with Crippen molar-refractivity contribution in [1.82, 2.24) is 0 Å². The molecule has 0 spiro atoms. The molecule has 172 valence electrons. The molecule has 0 aliphatic carbocycles. The van der Waals surface area contributed by atoms with Crippen molar-refractivity contribution >= 4 is 5.78 Å². The van der Waals surface area contributed by atoms with Crippen molar-refractivity contribution in [1.29, 1.82) is 0 Å². The third-order valence-electron chi connectivity index (χ3n) is 5.44. The van der Waals surface area contributed by atoms with E-state index in [2.05, 4.69) is 0 Å². The fraction of sp³-hybridized carbons (Fsp3) is 0.381. The van der Waals surface area contributed by atoms with Gasteiger partial charge < -0.3 is 50.0 Å². The monoisotopic (exact) mass is 450 g/mol. The number of hydrogen-bond acceptors (Lipinski definition) is 11. The van der Waals surface area contributed by atoms with E-state index in [1.54, 1.807) is 0 Å². The van der Waals surface area contributed by atoms with E-state index >= 15 is 0 Å². The van der Waals surface area contributed by atoms with E-state index in [9.17, 15) is 40.5 Å². The van der Waals surface area contributed by atoms with Crippen LogP contribution in [0.25, 0.3) is 0 Å². The number of rotatable bonds is 3. The van der Waals surface area contributed by atoms with E-state index < -0.39 is 54.4 Å². The molecule has 2 aromatic carbocycles. The highest BCUT2D eigenvalue weighted by Crippen LogP contribution is 2.44. The molecule has 2 aromatic rings. The zero-order chi connectivity index (χ0) is 23.3. The van der Waals surface area contributed by atoms with Gasteiger partial charge in [0.05, 0.1) is 6.10 Å². The van der Waals surface area contributed by atoms with Crippen molar-refractivity contribution in [3.63, 3.8) is 0 Å². The lowest BCUT2D eigenvalue weighted by Crippen LogP contribution is -2.59. The summed E-state index contributed by atoms with van der Waals surface area (Å²) in [5, 5.41) is 70.0. The summed E-state index contributed by atoms with van der Waals surface area (Å²) < 4.78 is 16.9. The summed E-state index contributed by atoms with van der Waals surface area (Å²) in [6.45, 7) is 1.43. The second kappa shape index (κ2) is 8.11. The highest BCUT2D eigenvalue weighted by atomic mass is 16.7. The fourth-order valence-corrected chi connectivity index (χ4v) is 3.83. The molecular weight excluding hydrogens is 428 g/mol. The Balaban J connectivity index is 1.76. The molecule has 0 aromatic heterocycles. The first kappa shape index (κ1) is 22.1. The highest BCUT2D eigenvalue weighted by molar-refractivity contribution is 6.05. The lowest BCUT2D eigenvalue weighted by atomic mass is 9.92. The molecule has 2 heterocycles. The summed E-state index contributed by atoms with van der Waals surface area (Å²) in [5.41, 5.74) is -0.194. The molecule has 0 saturated carbocycles. The molecule has 0 bridgehead atoms. The minimum absolute atomic E-state index is 0.105. The summed E-state index contributed by atoms with van der Waals surface area (Å²) in [4.78, 5) is 13.3. The van der Waals surface area contributed by atoms with Gasteiger partial charge in [-0.25, -0.2) is 0 Å². The molecule has 2 aliphatic heterocycles. The number of carbonyl (C=O) groups is 1. The van der Waals surface area contributed by atoms with Crippen molar-refractivity contribution in [2.75, 3.05) is 0 Å². The second-order valence-corrected chi connectivity index (χ2v) is 7.76. The number of ketones is 1. The van der Waals surface area contributed by atoms with Gasteiger partial charge in [0.15, 0.2) is 18.5 Å². The maximum Gasteiger partial charge on any atom is 0.203 e. The van der Waals surface area contributed by atoms with E-state index in [4.69, 9.17) is 14.2 Å². The number of aliphatic hydroxyl groups excluding tert-OH is 3. The Labute approximate surface area is 181 Å². The number of ether oxygens (including phenoxy) is 3. The number of fused-ring (bicyclic) bond motifs is 1. The smallest absolute Gasteiger partial charge is 0.203 e. The van der Waals surface area contributed by atoms with Gasteiger partial charge in [0.25, 0.3) is 0 Å². The van der Waals surface area contributed by atoms with Crippen molar-refractivity contribution in [2.24, 2.45) is 0 Å². The van der Waals surface area contributed by atoms with Gasteiger partial charge in [-0.3, -0.25) is 4.79 Å². The number of hydrogen-bond donors (Lipinski definition) is 7. The molecule has 0 radical (unpaired) electrons. The predicted molar refractivity (Wildman–Crippen MR) is 104 cm³/mol. The molecule has 7 N–H and O–H groups in total. The summed E-state index contributed by atoms with van der Waals surface area (Å²) >= 11 is 0. The first-order chi connectivity index (χ1) is 15.1. The summed E-state index contributed by atoms with van der Waals surface area (Å²) in [6, 6.07) is 5.52. The lowest BCUT2D eigenvalue weighted by molar-refractivity contribution is -0.304. The van der Waals surface area contributed by atoms with Crippen LogP contribution in [0.4, 0.5) is 0 Å². The van der Waals surface area contributed by atoms with Crippen LogP contribution < -0.4 is 4.74 Å². The van der Waals surface area contributed by atoms with Gasteiger partial charge >= 0.3 is 0 Å². The Morgan fingerprint density at radius 2 is 1.47 bits per heavy atom. The van der Waals surface area contributed by atoms with Gasteiger partial charge in [-0.05, 0) is 19.1 Å². The second-order valence-electron chi connectivity index (χ2n) is 7.76. The first-order valence-corrected chi connectivity index (χ1v) is 9.71. The van der Waals surface area contributed by atoms with Gasteiger partial charge in [0.1, 0.15) is 52.6 Å². The van der Waals surface area contributed by atoms with Crippen molar-refractivity contribution in [3.05, 3.63) is 41.5 Å². The number of benzene rings is 2. The van der Waals surface area contributed by atoms with Gasteiger partial charge in [-0.1, -0.05) is 0 Å². The molecular formula is C21H22O11. The number of phenols is 4. The lowest BCUT2D eigenvalue weighted by Gasteiger charge is -2.42. The molecule has 1 saturated heterocycles. The number of carbonyl (C=O) groups excluding carboxylic acids is 1. The van der Waals surface area contributed by atoms with Crippen molar-refractivity contribution in [3.8, 4) is 28.7 Å². The maximum absolute atomic E-state index is 13.3. The van der Waals surface area contributed by atoms with E-state index in [-0.39, 0.29) is 34.1 Å². The summed E-state index contributed by atoms with van der Waals surface area (Å²) in [5.74, 6) is -2.59. The van der Waals surface area contributed by atoms with Crippen LogP contribution in [0, 0.1) is 0 Å². The Bertz CT molecular complexity index is 1020. The van der Waals surface area contributed by atoms with Gasteiger partial charge in [0.2, 0.25) is 5.78 Å². The highest BCUT2D eigenvalue weighted by Gasteiger charge is 2.48. The van der Waals surface area contributed by atoms with Crippen LogP contribution in [0.3, 0.4) is 0 Å². The van der Waals surface area contributed by atoms with Gasteiger partial charge in [-0.15, -0.1) is 0 Å². The summed E-state index contributed by atoms with van der Waals surface area (Å²) in [7, 11) is 0. The summed E-state index contributed by atoms with van der Waals surface area (Å²) in [6.07, 6.45) is -10.1. The average molecular weight is 450 g/mol. The molecule has 32 heavy (non-hydrogen) atoms. The molecule has 11 heteroatoms. The van der Waals surface area contributed by atoms with Crippen LogP contribution in [-0.2, 0) is 9.47 Å². The van der Waals surface area contributed by atoms with E-state index in [0.29, 0.717) is 0 Å². The number of aliphatic hydroxyl groups is 3. The zero-order valence-electron chi connectivity index (χ0n) is 16.7. The minimum Gasteiger partial charge on any atom is -0.508 e. The largest absolute Gasteiger partial charge is 0.508 e. The van der Waals surface area contributed by atoms with Crippen molar-refractivity contribution < 1.29 is 54.8 Å². The topological polar surface area (TPSA) is 186 Å². The predicted octanol–water partition coefficient (Wildman–Crippen LogP) is 0.0381. The number of Topliss-reactive ketones (excluding diaryl/α,β-unsaturated/α-hetero) is 1. The molecule has 0 amide bonds. The van der Waals surface area contributed by atoms with Crippen LogP contribution >= 0.6 is 0 Å². The molecule has 4 rings (SSSR count). The van der Waals surface area contributed by atoms with Crippen LogP contribution in [0.1, 0.15) is 28.9 Å². The molecule has 11 nitrogen and oxygen atoms in total. The van der Waals surface area contributed by atoms with E-state index in [1.807, 2.05) is 0 Å². The number of phenolic OH excluding ortho intramolecular Hbond substituents is 4. The molecule has 0 unspecified atom stereocenters. The molecule has 2 aliphatic rings. The standard InChI is InChI=1S/C21H22O11/c1-7-15(26)17(28)18(29)21(30-7)32-20-16(27)14-12(25)5-11(24)6-13(14)31-19(20)8-2-9(22)4-10(23)3-8/h2-7,15,17-26,28-29H,1H3/t7-,15-,17+,18+,19+,20+,21-/m0/s1. The minimum atomic E-state index is -1.72. The third-order valence-corrected chi connectivity index (χ3v) is 5.44. The average Bonchev–Trinajstić information content (AvgIpc) is 2.70. The Kier molecular flexibility index (Phi) is 5.61. The first-order valence-electron chi connectivity index (χ1n) is 9.71. The Hall–Kier alpha value is -3.09. The van der Waals surface area contributed by atoms with Crippen LogP contribution in [0.15, 0.2) is 30.3 Å². The quantitative estimate of drug-likeness (QED) is 0.335. The zero-order valence-corrected chi connectivity index (χ0v) is 16.7. The van der Waals surface area contributed by atoms with Crippen LogP contribution in [0.2, 0.25) is 0 Å². The van der Waals surface area contributed by atoms with E-state index in [1.165, 1.54) is 19.1 Å². The van der Waals surface area contributed by atoms with E-state index in [0.717, 1.165) is 18.2 Å².